The summed E-state index contributed by atoms with van der Waals surface area (Å²) in [6, 6.07) is 5.76. The van der Waals surface area contributed by atoms with Crippen LogP contribution in [0.15, 0.2) is 22.5 Å². The quantitative estimate of drug-likeness (QED) is 0.782. The highest BCUT2D eigenvalue weighted by Gasteiger charge is 2.20. The first kappa shape index (κ1) is 15.1. The predicted molar refractivity (Wildman–Crippen MR) is 83.0 cm³/mol. The lowest BCUT2D eigenvalue weighted by Crippen LogP contribution is -2.15. The monoisotopic (exact) mass is 311 g/mol. The predicted octanol–water partition coefficient (Wildman–Crippen LogP) is 4.04. The second-order valence-corrected chi connectivity index (χ2v) is 6.76. The molecule has 0 spiro atoms. The third-order valence-electron chi connectivity index (χ3n) is 2.72. The van der Waals surface area contributed by atoms with Gasteiger partial charge in [0.1, 0.15) is 11.0 Å². The van der Waals surface area contributed by atoms with Crippen molar-refractivity contribution in [2.75, 3.05) is 6.61 Å². The fourth-order valence-electron chi connectivity index (χ4n) is 1.81. The maximum atomic E-state index is 11.2. The molecule has 1 N–H and O–H groups in total. The molecule has 1 aromatic heterocycles. The van der Waals surface area contributed by atoms with E-state index in [1.807, 2.05) is 32.0 Å². The normalized spacial score (nSPS) is 12.5. The number of carboxylic acid groups (broad SMARTS) is 1. The maximum absolute atomic E-state index is 11.2. The molecule has 0 fully saturated rings. The number of hydrogen-bond donors (Lipinski definition) is 1. The van der Waals surface area contributed by atoms with Gasteiger partial charge >= 0.3 is 5.97 Å². The Bertz CT molecular complexity index is 597. The van der Waals surface area contributed by atoms with Crippen molar-refractivity contribution in [3.05, 3.63) is 18.2 Å². The molecule has 2 rings (SSSR count). The van der Waals surface area contributed by atoms with E-state index in [9.17, 15) is 9.90 Å². The van der Waals surface area contributed by atoms with Crippen LogP contribution >= 0.6 is 23.1 Å². The zero-order valence-electron chi connectivity index (χ0n) is 11.5. The highest BCUT2D eigenvalue weighted by atomic mass is 32.2. The lowest BCUT2D eigenvalue weighted by Gasteiger charge is -2.07. The number of nitrogens with zero attached hydrogens (tertiary/aromatic N) is 1. The van der Waals surface area contributed by atoms with E-state index in [2.05, 4.69) is 4.98 Å². The van der Waals surface area contributed by atoms with Crippen molar-refractivity contribution in [2.45, 2.75) is 36.3 Å². The smallest absolute Gasteiger partial charge is 0.317 e. The zero-order chi connectivity index (χ0) is 14.5. The molecule has 1 atom stereocenters. The van der Waals surface area contributed by atoms with E-state index in [4.69, 9.17) is 4.74 Å². The summed E-state index contributed by atoms with van der Waals surface area (Å²) in [6.07, 6.45) is 1.50. The lowest BCUT2D eigenvalue weighted by molar-refractivity contribution is -0.136. The van der Waals surface area contributed by atoms with E-state index in [0.717, 1.165) is 26.7 Å². The Morgan fingerprint density at radius 1 is 1.50 bits per heavy atom. The van der Waals surface area contributed by atoms with Crippen LogP contribution in [0, 0.1) is 0 Å². The molecule has 0 bridgehead atoms. The number of aromatic nitrogens is 1. The van der Waals surface area contributed by atoms with Crippen LogP contribution in [0.1, 0.15) is 26.7 Å². The molecular weight excluding hydrogens is 294 g/mol. The summed E-state index contributed by atoms with van der Waals surface area (Å²) < 4.78 is 7.29. The van der Waals surface area contributed by atoms with Gasteiger partial charge in [-0.2, -0.15) is 0 Å². The van der Waals surface area contributed by atoms with Crippen LogP contribution in [-0.2, 0) is 4.79 Å². The number of rotatable bonds is 7. The summed E-state index contributed by atoms with van der Waals surface area (Å²) >= 11 is 2.85. The molecule has 1 aromatic carbocycles. The number of benzene rings is 1. The average molecular weight is 311 g/mol. The topological polar surface area (TPSA) is 59.4 Å². The van der Waals surface area contributed by atoms with Crippen LogP contribution in [0.4, 0.5) is 0 Å². The summed E-state index contributed by atoms with van der Waals surface area (Å²) in [5.41, 5.74) is 0.890. The number of hydrogen-bond acceptors (Lipinski definition) is 5. The summed E-state index contributed by atoms with van der Waals surface area (Å²) in [6.45, 7) is 4.56. The number of thioether (sulfide) groups is 1. The first-order chi connectivity index (χ1) is 9.63. The Labute approximate surface area is 126 Å². The molecule has 0 saturated heterocycles. The molecule has 0 aliphatic heterocycles. The number of aliphatic carboxylic acids is 1. The second kappa shape index (κ2) is 6.95. The largest absolute Gasteiger partial charge is 0.494 e. The molecule has 2 aromatic rings. The van der Waals surface area contributed by atoms with Crippen LogP contribution < -0.4 is 4.74 Å². The van der Waals surface area contributed by atoms with Gasteiger partial charge in [0.05, 0.1) is 16.8 Å². The van der Waals surface area contributed by atoms with Crippen LogP contribution in [0.3, 0.4) is 0 Å². The first-order valence-corrected chi connectivity index (χ1v) is 8.26. The minimum absolute atomic E-state index is 0.424. The fourth-order valence-corrected chi connectivity index (χ4v) is 4.19. The molecule has 0 radical (unpaired) electrons. The highest BCUT2D eigenvalue weighted by molar-refractivity contribution is 8.02. The molecule has 108 valence electrons. The maximum Gasteiger partial charge on any atom is 0.317 e. The van der Waals surface area contributed by atoms with Gasteiger partial charge in [-0.1, -0.05) is 25.1 Å². The van der Waals surface area contributed by atoms with E-state index in [1.54, 1.807) is 0 Å². The van der Waals surface area contributed by atoms with Gasteiger partial charge in [0.2, 0.25) is 0 Å². The number of carbonyl (C=O) groups is 1. The highest BCUT2D eigenvalue weighted by Crippen LogP contribution is 2.35. The summed E-state index contributed by atoms with van der Waals surface area (Å²) in [5, 5.41) is 8.77. The fraction of sp³-hybridized carbons (Fsp3) is 0.429. The summed E-state index contributed by atoms with van der Waals surface area (Å²) in [5.74, 6) is 0.0506. The van der Waals surface area contributed by atoms with E-state index >= 15 is 0 Å². The number of carboxylic acids is 1. The minimum Gasteiger partial charge on any atom is -0.494 e. The van der Waals surface area contributed by atoms with Gasteiger partial charge in [-0.05, 0) is 31.5 Å². The molecule has 20 heavy (non-hydrogen) atoms. The van der Waals surface area contributed by atoms with Crippen molar-refractivity contribution in [3.63, 3.8) is 0 Å². The Hall–Kier alpha value is -1.27. The Morgan fingerprint density at radius 3 is 2.95 bits per heavy atom. The van der Waals surface area contributed by atoms with Crippen molar-refractivity contribution in [3.8, 4) is 5.75 Å². The average Bonchev–Trinajstić information content (AvgIpc) is 2.80. The number of thiazole rings is 1. The second-order valence-electron chi connectivity index (χ2n) is 4.28. The standard InChI is InChI=1S/C14H17NO3S2/c1-3-5-11(13(16)17)19-14-15-10-7-6-9(18-4-2)8-12(10)20-14/h6-8,11H,3-5H2,1-2H3,(H,16,17). The van der Waals surface area contributed by atoms with Crippen LogP contribution in [0.5, 0.6) is 5.75 Å². The molecule has 0 amide bonds. The van der Waals surface area contributed by atoms with Crippen LogP contribution in [0.2, 0.25) is 0 Å². The van der Waals surface area contributed by atoms with Gasteiger partial charge in [-0.3, -0.25) is 4.79 Å². The molecule has 0 aliphatic carbocycles. The van der Waals surface area contributed by atoms with Gasteiger partial charge in [-0.15, -0.1) is 11.3 Å². The Balaban J connectivity index is 2.20. The summed E-state index contributed by atoms with van der Waals surface area (Å²) in [4.78, 5) is 15.7. The van der Waals surface area contributed by atoms with Crippen LogP contribution in [0.25, 0.3) is 10.2 Å². The van der Waals surface area contributed by atoms with Crippen LogP contribution in [-0.4, -0.2) is 27.9 Å². The SMILES string of the molecule is CCCC(Sc1nc2ccc(OCC)cc2s1)C(=O)O. The molecule has 0 aliphatic rings. The lowest BCUT2D eigenvalue weighted by atomic mass is 10.2. The third kappa shape index (κ3) is 3.64. The molecule has 6 heteroatoms. The van der Waals surface area contributed by atoms with E-state index < -0.39 is 11.2 Å². The van der Waals surface area contributed by atoms with Gasteiger partial charge < -0.3 is 9.84 Å². The van der Waals surface area contributed by atoms with Crippen molar-refractivity contribution in [1.82, 2.24) is 4.98 Å². The Morgan fingerprint density at radius 2 is 2.30 bits per heavy atom. The minimum atomic E-state index is -0.772. The number of ether oxygens (including phenoxy) is 1. The molecule has 4 nitrogen and oxygen atoms in total. The van der Waals surface area contributed by atoms with Crippen molar-refractivity contribution >= 4 is 39.3 Å². The third-order valence-corrected chi connectivity index (χ3v) is 5.09. The van der Waals surface area contributed by atoms with Gasteiger partial charge in [0.25, 0.3) is 0 Å². The molecule has 1 unspecified atom stereocenters. The van der Waals surface area contributed by atoms with Gasteiger partial charge in [0.15, 0.2) is 4.34 Å². The van der Waals surface area contributed by atoms with Gasteiger partial charge in [0, 0.05) is 0 Å². The van der Waals surface area contributed by atoms with E-state index in [0.29, 0.717) is 13.0 Å². The van der Waals surface area contributed by atoms with Crippen molar-refractivity contribution in [1.29, 1.82) is 0 Å². The Kier molecular flexibility index (Phi) is 5.25. The molecule has 0 saturated carbocycles. The molecule has 1 heterocycles. The zero-order valence-corrected chi connectivity index (χ0v) is 13.1. The van der Waals surface area contributed by atoms with Gasteiger partial charge in [-0.25, -0.2) is 4.98 Å². The summed E-state index contributed by atoms with van der Waals surface area (Å²) in [7, 11) is 0. The molecular formula is C14H17NO3S2. The number of fused-ring (bicyclic) bond motifs is 1. The first-order valence-electron chi connectivity index (χ1n) is 6.56. The van der Waals surface area contributed by atoms with Crippen molar-refractivity contribution < 1.29 is 14.6 Å². The van der Waals surface area contributed by atoms with E-state index in [1.165, 1.54) is 23.1 Å². The van der Waals surface area contributed by atoms with E-state index in [-0.39, 0.29) is 0 Å². The van der Waals surface area contributed by atoms with Crippen molar-refractivity contribution in [2.24, 2.45) is 0 Å².